The van der Waals surface area contributed by atoms with E-state index in [9.17, 15) is 14.0 Å². The van der Waals surface area contributed by atoms with Crippen molar-refractivity contribution >= 4 is 23.2 Å². The lowest BCUT2D eigenvalue weighted by Crippen LogP contribution is -2.38. The highest BCUT2D eigenvalue weighted by molar-refractivity contribution is 7.10. The summed E-state index contributed by atoms with van der Waals surface area (Å²) in [5.74, 6) is -0.0326. The number of halogens is 1. The van der Waals surface area contributed by atoms with Gasteiger partial charge >= 0.3 is 0 Å². The molecule has 26 heavy (non-hydrogen) atoms. The molecule has 1 aromatic carbocycles. The number of carbonyl (C=O) groups is 2. The Morgan fingerprint density at radius 1 is 0.962 bits per heavy atom. The van der Waals surface area contributed by atoms with E-state index in [4.69, 9.17) is 0 Å². The van der Waals surface area contributed by atoms with E-state index in [0.29, 0.717) is 45.4 Å². The third kappa shape index (κ3) is 5.14. The average Bonchev–Trinajstić information content (AvgIpc) is 3.02. The highest BCUT2D eigenvalue weighted by atomic mass is 32.1. The van der Waals surface area contributed by atoms with Crippen LogP contribution in [0.4, 0.5) is 4.39 Å². The van der Waals surface area contributed by atoms with Crippen molar-refractivity contribution in [3.05, 3.63) is 58.0 Å². The summed E-state index contributed by atoms with van der Waals surface area (Å²) in [6, 6.07) is 10.2. The molecule has 1 saturated heterocycles. The molecule has 0 saturated carbocycles. The minimum Gasteiger partial charge on any atom is -0.341 e. The van der Waals surface area contributed by atoms with Gasteiger partial charge in [-0.2, -0.15) is 0 Å². The first kappa shape index (κ1) is 18.6. The first-order valence-corrected chi connectivity index (χ1v) is 9.82. The molecule has 2 amide bonds. The molecule has 3 rings (SSSR count). The number of carbonyl (C=O) groups excluding carboxylic acids is 2. The Bertz CT molecular complexity index is 731. The predicted octanol–water partition coefficient (Wildman–Crippen LogP) is 3.12. The van der Waals surface area contributed by atoms with Crippen LogP contribution in [0, 0.1) is 5.82 Å². The van der Waals surface area contributed by atoms with Crippen molar-refractivity contribution in [3.8, 4) is 0 Å². The van der Waals surface area contributed by atoms with Gasteiger partial charge in [-0.25, -0.2) is 4.39 Å². The number of nitrogens with zero attached hydrogens (tertiary/aromatic N) is 2. The fourth-order valence-electron chi connectivity index (χ4n) is 3.15. The molecule has 0 unspecified atom stereocenters. The van der Waals surface area contributed by atoms with Gasteiger partial charge in [-0.1, -0.05) is 18.2 Å². The van der Waals surface area contributed by atoms with Gasteiger partial charge in [-0.15, -0.1) is 11.3 Å². The van der Waals surface area contributed by atoms with Crippen molar-refractivity contribution in [2.24, 2.45) is 0 Å². The molecule has 1 aliphatic rings. The minimum absolute atomic E-state index is 0.0990. The van der Waals surface area contributed by atoms with E-state index in [1.807, 2.05) is 27.3 Å². The van der Waals surface area contributed by atoms with E-state index in [1.165, 1.54) is 12.1 Å². The van der Waals surface area contributed by atoms with E-state index in [-0.39, 0.29) is 17.6 Å². The van der Waals surface area contributed by atoms with Crippen molar-refractivity contribution in [1.82, 2.24) is 9.80 Å². The van der Waals surface area contributed by atoms with Gasteiger partial charge in [0.25, 0.3) is 0 Å². The van der Waals surface area contributed by atoms with Crippen molar-refractivity contribution in [1.29, 1.82) is 0 Å². The molecule has 0 bridgehead atoms. The van der Waals surface area contributed by atoms with Gasteiger partial charge in [-0.05, 0) is 42.0 Å². The molecule has 1 aromatic heterocycles. The summed E-state index contributed by atoms with van der Waals surface area (Å²) in [5.41, 5.74) is 0.960. The number of amides is 2. The normalized spacial score (nSPS) is 15.0. The molecule has 0 N–H and O–H groups in total. The van der Waals surface area contributed by atoms with Crippen LogP contribution >= 0.6 is 11.3 Å². The highest BCUT2D eigenvalue weighted by Gasteiger charge is 2.22. The third-order valence-corrected chi connectivity index (χ3v) is 5.52. The molecule has 0 spiro atoms. The summed E-state index contributed by atoms with van der Waals surface area (Å²) >= 11 is 1.60. The number of thiophene rings is 1. The Labute approximate surface area is 157 Å². The van der Waals surface area contributed by atoms with Crippen LogP contribution in [-0.4, -0.2) is 47.8 Å². The summed E-state index contributed by atoms with van der Waals surface area (Å²) < 4.78 is 12.9. The van der Waals surface area contributed by atoms with Crippen LogP contribution in [0.25, 0.3) is 0 Å². The standard InChI is InChI=1S/C20H23FN2O2S/c21-17-7-4-16(5-8-17)6-9-19(24)22-10-2-11-23(13-12-22)20(25)15-18-3-1-14-26-18/h1,3-5,7-8,14H,2,6,9-13,15H2. The van der Waals surface area contributed by atoms with Gasteiger partial charge in [0, 0.05) is 37.5 Å². The van der Waals surface area contributed by atoms with E-state index in [0.717, 1.165) is 16.9 Å². The second-order valence-electron chi connectivity index (χ2n) is 6.50. The topological polar surface area (TPSA) is 40.6 Å². The third-order valence-electron chi connectivity index (χ3n) is 4.65. The fraction of sp³-hybridized carbons (Fsp3) is 0.400. The molecule has 0 atom stereocenters. The first-order chi connectivity index (χ1) is 12.6. The molecule has 0 radical (unpaired) electrons. The van der Waals surface area contributed by atoms with Crippen LogP contribution in [0.15, 0.2) is 41.8 Å². The zero-order valence-corrected chi connectivity index (χ0v) is 15.5. The SMILES string of the molecule is O=C(CCc1ccc(F)cc1)N1CCCN(C(=O)Cc2cccs2)CC1. The van der Waals surface area contributed by atoms with Crippen molar-refractivity contribution in [3.63, 3.8) is 0 Å². The Balaban J connectivity index is 1.47. The zero-order chi connectivity index (χ0) is 18.4. The molecule has 4 nitrogen and oxygen atoms in total. The number of aryl methyl sites for hydroxylation is 1. The molecular weight excluding hydrogens is 351 g/mol. The highest BCUT2D eigenvalue weighted by Crippen LogP contribution is 2.13. The molecule has 138 valence electrons. The largest absolute Gasteiger partial charge is 0.341 e. The molecule has 2 aromatic rings. The van der Waals surface area contributed by atoms with E-state index in [2.05, 4.69) is 0 Å². The monoisotopic (exact) mass is 374 g/mol. The predicted molar refractivity (Wildman–Crippen MR) is 101 cm³/mol. The van der Waals surface area contributed by atoms with Gasteiger partial charge in [0.05, 0.1) is 6.42 Å². The van der Waals surface area contributed by atoms with Crippen molar-refractivity contribution < 1.29 is 14.0 Å². The average molecular weight is 374 g/mol. The van der Waals surface area contributed by atoms with Crippen molar-refractivity contribution in [2.45, 2.75) is 25.7 Å². The summed E-state index contributed by atoms with van der Waals surface area (Å²) in [6.07, 6.45) is 2.26. The number of hydrogen-bond donors (Lipinski definition) is 0. The number of rotatable bonds is 5. The summed E-state index contributed by atoms with van der Waals surface area (Å²) in [4.78, 5) is 29.7. The lowest BCUT2D eigenvalue weighted by molar-refractivity contribution is -0.133. The van der Waals surface area contributed by atoms with Crippen LogP contribution in [0.3, 0.4) is 0 Å². The van der Waals surface area contributed by atoms with Crippen LogP contribution in [0.2, 0.25) is 0 Å². The summed E-state index contributed by atoms with van der Waals surface area (Å²) in [6.45, 7) is 2.56. The lowest BCUT2D eigenvalue weighted by atomic mass is 10.1. The quantitative estimate of drug-likeness (QED) is 0.807. The molecular formula is C20H23FN2O2S. The van der Waals surface area contributed by atoms with Crippen LogP contribution in [-0.2, 0) is 22.4 Å². The van der Waals surface area contributed by atoms with Crippen LogP contribution < -0.4 is 0 Å². The van der Waals surface area contributed by atoms with Gasteiger partial charge in [0.2, 0.25) is 11.8 Å². The maximum atomic E-state index is 12.9. The van der Waals surface area contributed by atoms with Crippen molar-refractivity contribution in [2.75, 3.05) is 26.2 Å². The molecule has 1 aliphatic heterocycles. The first-order valence-electron chi connectivity index (χ1n) is 8.94. The molecule has 1 fully saturated rings. The van der Waals surface area contributed by atoms with Crippen LogP contribution in [0.1, 0.15) is 23.3 Å². The van der Waals surface area contributed by atoms with E-state index < -0.39 is 0 Å². The maximum Gasteiger partial charge on any atom is 0.227 e. The number of hydrogen-bond acceptors (Lipinski definition) is 3. The number of benzene rings is 1. The lowest BCUT2D eigenvalue weighted by Gasteiger charge is -2.22. The van der Waals surface area contributed by atoms with E-state index >= 15 is 0 Å². The Hall–Kier alpha value is -2.21. The summed E-state index contributed by atoms with van der Waals surface area (Å²) in [7, 11) is 0. The minimum atomic E-state index is -0.264. The van der Waals surface area contributed by atoms with Gasteiger partial charge in [0.15, 0.2) is 0 Å². The second-order valence-corrected chi connectivity index (χ2v) is 7.53. The molecule has 0 aliphatic carbocycles. The molecule has 2 heterocycles. The Morgan fingerprint density at radius 2 is 1.65 bits per heavy atom. The smallest absolute Gasteiger partial charge is 0.227 e. The van der Waals surface area contributed by atoms with Gasteiger partial charge in [0.1, 0.15) is 5.82 Å². The zero-order valence-electron chi connectivity index (χ0n) is 14.7. The van der Waals surface area contributed by atoms with Gasteiger partial charge in [-0.3, -0.25) is 9.59 Å². The summed E-state index contributed by atoms with van der Waals surface area (Å²) in [5, 5.41) is 1.98. The molecule has 6 heteroatoms. The Morgan fingerprint density at radius 3 is 2.31 bits per heavy atom. The Kier molecular flexibility index (Phi) is 6.39. The van der Waals surface area contributed by atoms with Gasteiger partial charge < -0.3 is 9.80 Å². The fourth-order valence-corrected chi connectivity index (χ4v) is 3.85. The maximum absolute atomic E-state index is 12.9. The van der Waals surface area contributed by atoms with E-state index in [1.54, 1.807) is 23.5 Å². The van der Waals surface area contributed by atoms with Crippen LogP contribution in [0.5, 0.6) is 0 Å². The second kappa shape index (κ2) is 8.94.